The fourth-order valence-corrected chi connectivity index (χ4v) is 5.98. The summed E-state index contributed by atoms with van der Waals surface area (Å²) in [5.41, 5.74) is -1.20. The zero-order valence-corrected chi connectivity index (χ0v) is 22.2. The van der Waals surface area contributed by atoms with E-state index in [0.717, 1.165) is 0 Å². The van der Waals surface area contributed by atoms with E-state index in [1.807, 2.05) is 0 Å². The first-order chi connectivity index (χ1) is 17.6. The number of nitrogens with zero attached hydrogens (tertiary/aromatic N) is 2. The van der Waals surface area contributed by atoms with Crippen molar-refractivity contribution in [1.82, 2.24) is 14.9 Å². The molecule has 2 atom stereocenters. The number of nitrogens with one attached hydrogen (secondary N) is 2. The summed E-state index contributed by atoms with van der Waals surface area (Å²) in [6, 6.07) is 6.68. The molecule has 1 aliphatic heterocycles. The first-order valence-electron chi connectivity index (χ1n) is 10.7. The van der Waals surface area contributed by atoms with E-state index < -0.39 is 44.9 Å². The smallest absolute Gasteiger partial charge is 0.445 e. The number of aliphatic hydroxyl groups excluding tert-OH is 1. The molecule has 3 aromatic rings. The molecule has 0 bridgehead atoms. The number of fused-ring (bicyclic) bond motifs is 1. The second-order valence-corrected chi connectivity index (χ2v) is 11.8. The Bertz CT molecular complexity index is 1500. The van der Waals surface area contributed by atoms with Gasteiger partial charge in [-0.25, -0.2) is 13.1 Å². The van der Waals surface area contributed by atoms with Gasteiger partial charge in [0.15, 0.2) is 0 Å². The zero-order chi connectivity index (χ0) is 28.0. The maximum Gasteiger partial charge on any atom is 0.445 e. The van der Waals surface area contributed by atoms with E-state index in [1.54, 1.807) is 13.8 Å². The van der Waals surface area contributed by atoms with Gasteiger partial charge in [-0.3, -0.25) is 10.1 Å². The van der Waals surface area contributed by atoms with Gasteiger partial charge in [-0.15, -0.1) is 10.2 Å². The van der Waals surface area contributed by atoms with E-state index in [9.17, 15) is 31.5 Å². The maximum absolute atomic E-state index is 13.4. The largest absolute Gasteiger partial charge is 0.495 e. The molecule has 0 aliphatic carbocycles. The average molecular weight is 593 g/mol. The monoisotopic (exact) mass is 592 g/mol. The number of halogens is 4. The summed E-state index contributed by atoms with van der Waals surface area (Å²) in [5.74, 6) is -0.653. The standard InChI is InChI=1S/C22H20ClF3N4O6S2/c1-21(2)17(31)16(30-38(33,34)15-9-11(23)5-7-14(15)35-3)12-8-10(4-6-13(12)36-21)18(32)27-20-29-28-19(37-20)22(24,25)26/h4-9,16-17,30-31H,1-3H3,(H,27,29,32)/t16-,17+/m1/s1. The Morgan fingerprint density at radius 2 is 1.92 bits per heavy atom. The van der Waals surface area contributed by atoms with Crippen LogP contribution < -0.4 is 19.5 Å². The number of anilines is 1. The number of carbonyl (C=O) groups is 1. The second kappa shape index (κ2) is 9.96. The summed E-state index contributed by atoms with van der Waals surface area (Å²) in [5, 5.41) is 18.1. The Hall–Kier alpha value is -2.98. The number of aliphatic hydroxyl groups is 1. The lowest BCUT2D eigenvalue weighted by Gasteiger charge is -2.42. The number of hydrogen-bond acceptors (Lipinski definition) is 9. The molecule has 0 spiro atoms. The van der Waals surface area contributed by atoms with Crippen LogP contribution in [0.15, 0.2) is 41.3 Å². The van der Waals surface area contributed by atoms with Gasteiger partial charge in [0.05, 0.1) is 13.2 Å². The van der Waals surface area contributed by atoms with Crippen molar-refractivity contribution in [1.29, 1.82) is 0 Å². The number of methoxy groups -OCH3 is 1. The summed E-state index contributed by atoms with van der Waals surface area (Å²) in [6.45, 7) is 3.10. The normalized spacial score (nSPS) is 18.8. The quantitative estimate of drug-likeness (QED) is 0.390. The van der Waals surface area contributed by atoms with Crippen LogP contribution in [0.2, 0.25) is 5.02 Å². The SMILES string of the molecule is COc1ccc(Cl)cc1S(=O)(=O)N[C@@H]1c2cc(C(=O)Nc3nnc(C(F)(F)F)s3)ccc2OC(C)(C)[C@H]1O. The zero-order valence-electron chi connectivity index (χ0n) is 19.8. The molecule has 3 N–H and O–H groups in total. The predicted octanol–water partition coefficient (Wildman–Crippen LogP) is 4.02. The van der Waals surface area contributed by atoms with Crippen LogP contribution in [0.4, 0.5) is 18.3 Å². The number of alkyl halides is 3. The third-order valence-electron chi connectivity index (χ3n) is 5.59. The maximum atomic E-state index is 13.4. The summed E-state index contributed by atoms with van der Waals surface area (Å²) in [4.78, 5) is 12.5. The lowest BCUT2D eigenvalue weighted by atomic mass is 9.86. The Morgan fingerprint density at radius 3 is 2.55 bits per heavy atom. The number of hydrogen-bond donors (Lipinski definition) is 3. The van der Waals surface area contributed by atoms with Crippen LogP contribution in [0.5, 0.6) is 11.5 Å². The molecule has 1 amide bonds. The Morgan fingerprint density at radius 1 is 1.21 bits per heavy atom. The van der Waals surface area contributed by atoms with Gasteiger partial charge in [-0.1, -0.05) is 22.9 Å². The minimum absolute atomic E-state index is 0.00587. The van der Waals surface area contributed by atoms with Gasteiger partial charge in [0.25, 0.3) is 5.91 Å². The van der Waals surface area contributed by atoms with E-state index in [-0.39, 0.29) is 49.0 Å². The molecule has 4 rings (SSSR count). The molecule has 0 fully saturated rings. The average Bonchev–Trinajstić information content (AvgIpc) is 3.30. The molecule has 0 saturated heterocycles. The van der Waals surface area contributed by atoms with Crippen LogP contribution in [-0.2, 0) is 16.2 Å². The molecule has 1 aliphatic rings. The summed E-state index contributed by atoms with van der Waals surface area (Å²) in [7, 11) is -3.06. The fraction of sp³-hybridized carbons (Fsp3) is 0.318. The predicted molar refractivity (Wildman–Crippen MR) is 131 cm³/mol. The number of ether oxygens (including phenoxy) is 2. The van der Waals surface area contributed by atoms with E-state index in [0.29, 0.717) is 0 Å². The Kier molecular flexibility index (Phi) is 7.35. The van der Waals surface area contributed by atoms with Gasteiger partial charge in [-0.05, 0) is 50.2 Å². The lowest BCUT2D eigenvalue weighted by molar-refractivity contribution is -0.138. The molecule has 16 heteroatoms. The molecule has 2 aromatic carbocycles. The number of carbonyl (C=O) groups excluding carboxylic acids is 1. The van der Waals surface area contributed by atoms with Crippen molar-refractivity contribution in [2.75, 3.05) is 12.4 Å². The van der Waals surface area contributed by atoms with Crippen molar-refractivity contribution < 1.29 is 41.0 Å². The summed E-state index contributed by atoms with van der Waals surface area (Å²) >= 11 is 6.14. The van der Waals surface area contributed by atoms with Gasteiger partial charge in [0, 0.05) is 16.1 Å². The van der Waals surface area contributed by atoms with Crippen LogP contribution in [-0.4, -0.2) is 48.4 Å². The fourth-order valence-electron chi connectivity index (χ4n) is 3.72. The van der Waals surface area contributed by atoms with Crippen LogP contribution >= 0.6 is 22.9 Å². The Labute approximate surface area is 223 Å². The van der Waals surface area contributed by atoms with E-state index in [2.05, 4.69) is 20.2 Å². The molecule has 10 nitrogen and oxygen atoms in total. The topological polar surface area (TPSA) is 140 Å². The van der Waals surface area contributed by atoms with Crippen molar-refractivity contribution in [3.63, 3.8) is 0 Å². The highest BCUT2D eigenvalue weighted by molar-refractivity contribution is 7.89. The molecule has 0 unspecified atom stereocenters. The molecular weight excluding hydrogens is 573 g/mol. The second-order valence-electron chi connectivity index (χ2n) is 8.66. The summed E-state index contributed by atoms with van der Waals surface area (Å²) < 4.78 is 78.5. The molecule has 0 radical (unpaired) electrons. The minimum Gasteiger partial charge on any atom is -0.495 e. The van der Waals surface area contributed by atoms with Crippen LogP contribution in [0.25, 0.3) is 0 Å². The molecule has 1 aromatic heterocycles. The summed E-state index contributed by atoms with van der Waals surface area (Å²) in [6.07, 6.45) is -6.14. The third-order valence-corrected chi connectivity index (χ3v) is 8.17. The van der Waals surface area contributed by atoms with Crippen LogP contribution in [0.1, 0.15) is 40.8 Å². The third kappa shape index (κ3) is 5.56. The first-order valence-corrected chi connectivity index (χ1v) is 13.4. The number of sulfonamides is 1. The molecular formula is C22H20ClF3N4O6S2. The van der Waals surface area contributed by atoms with Crippen molar-refractivity contribution in [2.24, 2.45) is 0 Å². The lowest BCUT2D eigenvalue weighted by Crippen LogP contribution is -2.53. The van der Waals surface area contributed by atoms with Gasteiger partial charge in [-0.2, -0.15) is 13.2 Å². The highest BCUT2D eigenvalue weighted by atomic mass is 35.5. The molecule has 38 heavy (non-hydrogen) atoms. The number of amides is 1. The van der Waals surface area contributed by atoms with E-state index in [1.165, 1.54) is 43.5 Å². The van der Waals surface area contributed by atoms with Crippen molar-refractivity contribution in [3.8, 4) is 11.5 Å². The highest BCUT2D eigenvalue weighted by Crippen LogP contribution is 2.42. The first kappa shape index (κ1) is 28.0. The molecule has 2 heterocycles. The number of benzene rings is 2. The number of aromatic nitrogens is 2. The van der Waals surface area contributed by atoms with Crippen LogP contribution in [0, 0.1) is 0 Å². The number of rotatable bonds is 6. The van der Waals surface area contributed by atoms with Crippen LogP contribution in [0.3, 0.4) is 0 Å². The van der Waals surface area contributed by atoms with E-state index >= 15 is 0 Å². The van der Waals surface area contributed by atoms with Crippen molar-refractivity contribution in [2.45, 2.75) is 42.7 Å². The van der Waals surface area contributed by atoms with Gasteiger partial charge >= 0.3 is 6.18 Å². The molecule has 204 valence electrons. The van der Waals surface area contributed by atoms with E-state index in [4.69, 9.17) is 21.1 Å². The highest BCUT2D eigenvalue weighted by Gasteiger charge is 2.45. The van der Waals surface area contributed by atoms with Gasteiger partial charge in [0.2, 0.25) is 20.2 Å². The molecule has 0 saturated carbocycles. The Balaban J connectivity index is 1.69. The minimum atomic E-state index is -4.72. The van der Waals surface area contributed by atoms with Gasteiger partial charge < -0.3 is 14.6 Å². The van der Waals surface area contributed by atoms with Crippen molar-refractivity contribution in [3.05, 3.63) is 57.6 Å². The van der Waals surface area contributed by atoms with Gasteiger partial charge in [0.1, 0.15) is 28.1 Å². The van der Waals surface area contributed by atoms with Crippen molar-refractivity contribution >= 4 is 44.0 Å².